The van der Waals surface area contributed by atoms with Gasteiger partial charge in [-0.05, 0) is 24.5 Å². The van der Waals surface area contributed by atoms with Gasteiger partial charge in [-0.1, -0.05) is 26.0 Å². The summed E-state index contributed by atoms with van der Waals surface area (Å²) in [5.74, 6) is 2.28. The molecule has 0 bridgehead atoms. The Morgan fingerprint density at radius 2 is 1.97 bits per heavy atom. The Kier molecular flexibility index (Phi) is 11.0. The van der Waals surface area contributed by atoms with E-state index in [0.29, 0.717) is 31.7 Å². The Morgan fingerprint density at radius 1 is 1.20 bits per heavy atom. The van der Waals surface area contributed by atoms with Crippen molar-refractivity contribution < 1.29 is 14.2 Å². The normalized spacial score (nSPS) is 16.5. The molecule has 1 heterocycles. The van der Waals surface area contributed by atoms with Crippen molar-refractivity contribution in [3.8, 4) is 5.75 Å². The summed E-state index contributed by atoms with van der Waals surface area (Å²) in [4.78, 5) is 6.92. The highest BCUT2D eigenvalue weighted by atomic mass is 16.5. The van der Waals surface area contributed by atoms with E-state index < -0.39 is 0 Å². The average molecular weight is 421 g/mol. The van der Waals surface area contributed by atoms with Crippen LogP contribution in [0.25, 0.3) is 0 Å². The molecule has 1 atom stereocenters. The van der Waals surface area contributed by atoms with Crippen LogP contribution in [0.2, 0.25) is 0 Å². The number of benzene rings is 1. The molecule has 170 valence electrons. The van der Waals surface area contributed by atoms with Crippen LogP contribution in [0.15, 0.2) is 23.2 Å². The molecule has 2 rings (SSSR count). The lowest BCUT2D eigenvalue weighted by Gasteiger charge is -2.37. The number of hydrogen-bond acceptors (Lipinski definition) is 5. The van der Waals surface area contributed by atoms with E-state index in [1.54, 1.807) is 7.11 Å². The maximum atomic E-state index is 6.00. The predicted molar refractivity (Wildman–Crippen MR) is 122 cm³/mol. The van der Waals surface area contributed by atoms with Crippen LogP contribution in [0.3, 0.4) is 0 Å². The molecule has 1 saturated heterocycles. The monoisotopic (exact) mass is 420 g/mol. The zero-order chi connectivity index (χ0) is 21.8. The fourth-order valence-electron chi connectivity index (χ4n) is 3.62. The molecule has 0 aliphatic carbocycles. The molecule has 30 heavy (non-hydrogen) atoms. The summed E-state index contributed by atoms with van der Waals surface area (Å²) in [5.41, 5.74) is 2.31. The molecule has 0 aromatic heterocycles. The van der Waals surface area contributed by atoms with E-state index in [0.717, 1.165) is 56.5 Å². The summed E-state index contributed by atoms with van der Waals surface area (Å²) in [5, 5.41) is 6.94. The van der Waals surface area contributed by atoms with Crippen molar-refractivity contribution in [2.75, 3.05) is 60.2 Å². The third-order valence-corrected chi connectivity index (χ3v) is 5.41. The van der Waals surface area contributed by atoms with Crippen LogP contribution in [0.5, 0.6) is 5.75 Å². The first-order valence-corrected chi connectivity index (χ1v) is 11.0. The largest absolute Gasteiger partial charge is 0.493 e. The smallest absolute Gasteiger partial charge is 0.191 e. The van der Waals surface area contributed by atoms with Crippen LogP contribution in [0, 0.1) is 12.8 Å². The van der Waals surface area contributed by atoms with Crippen LogP contribution < -0.4 is 15.4 Å². The first-order chi connectivity index (χ1) is 14.5. The average Bonchev–Trinajstić information content (AvgIpc) is 2.75. The SMILES string of the molecule is CN=C(NCc1ccc(C)cc1OCCCOC)NCC(C(C)C)N1CCOCC1. The van der Waals surface area contributed by atoms with Gasteiger partial charge in [0.25, 0.3) is 0 Å². The van der Waals surface area contributed by atoms with Crippen LogP contribution in [0.4, 0.5) is 0 Å². The second-order valence-corrected chi connectivity index (χ2v) is 8.07. The van der Waals surface area contributed by atoms with Gasteiger partial charge in [-0.3, -0.25) is 9.89 Å². The van der Waals surface area contributed by atoms with E-state index in [9.17, 15) is 0 Å². The van der Waals surface area contributed by atoms with Gasteiger partial charge in [0, 0.05) is 65.0 Å². The van der Waals surface area contributed by atoms with Crippen molar-refractivity contribution >= 4 is 5.96 Å². The number of rotatable bonds is 11. The summed E-state index contributed by atoms with van der Waals surface area (Å²) >= 11 is 0. The maximum absolute atomic E-state index is 6.00. The minimum atomic E-state index is 0.450. The highest BCUT2D eigenvalue weighted by Crippen LogP contribution is 2.20. The van der Waals surface area contributed by atoms with E-state index in [2.05, 4.69) is 59.5 Å². The first-order valence-electron chi connectivity index (χ1n) is 11.0. The Bertz CT molecular complexity index is 645. The summed E-state index contributed by atoms with van der Waals surface area (Å²) in [6.45, 7) is 13.1. The van der Waals surface area contributed by atoms with E-state index in [1.165, 1.54) is 5.56 Å². The molecule has 0 saturated carbocycles. The van der Waals surface area contributed by atoms with E-state index in [4.69, 9.17) is 14.2 Å². The topological polar surface area (TPSA) is 67.4 Å². The van der Waals surface area contributed by atoms with Gasteiger partial charge in [-0.15, -0.1) is 0 Å². The minimum Gasteiger partial charge on any atom is -0.493 e. The Labute approximate surface area is 182 Å². The third kappa shape index (κ3) is 8.13. The number of hydrogen-bond donors (Lipinski definition) is 2. The number of aliphatic imine (C=N–C) groups is 1. The number of ether oxygens (including phenoxy) is 3. The Hall–Kier alpha value is -1.83. The number of methoxy groups -OCH3 is 1. The fourth-order valence-corrected chi connectivity index (χ4v) is 3.62. The third-order valence-electron chi connectivity index (χ3n) is 5.41. The van der Waals surface area contributed by atoms with Gasteiger partial charge in [0.1, 0.15) is 5.75 Å². The van der Waals surface area contributed by atoms with E-state index in [1.807, 2.05) is 7.05 Å². The van der Waals surface area contributed by atoms with E-state index >= 15 is 0 Å². The standard InChI is InChI=1S/C23H40N4O3/c1-18(2)21(27-9-13-29-14-10-27)17-26-23(24-4)25-16-20-8-7-19(3)15-22(20)30-12-6-11-28-5/h7-8,15,18,21H,6,9-14,16-17H2,1-5H3,(H2,24,25,26). The van der Waals surface area contributed by atoms with Gasteiger partial charge in [0.2, 0.25) is 0 Å². The van der Waals surface area contributed by atoms with Crippen molar-refractivity contribution in [1.29, 1.82) is 0 Å². The molecule has 1 aliphatic heterocycles. The molecule has 7 nitrogen and oxygen atoms in total. The molecule has 0 spiro atoms. The molecule has 1 aliphatic rings. The summed E-state index contributed by atoms with van der Waals surface area (Å²) in [6.07, 6.45) is 0.874. The lowest BCUT2D eigenvalue weighted by atomic mass is 10.0. The van der Waals surface area contributed by atoms with Gasteiger partial charge in [0.05, 0.1) is 19.8 Å². The number of morpholine rings is 1. The molecule has 0 radical (unpaired) electrons. The lowest BCUT2D eigenvalue weighted by molar-refractivity contribution is 0.00752. The Balaban J connectivity index is 1.90. The van der Waals surface area contributed by atoms with E-state index in [-0.39, 0.29) is 0 Å². The van der Waals surface area contributed by atoms with Crippen LogP contribution >= 0.6 is 0 Å². The summed E-state index contributed by atoms with van der Waals surface area (Å²) in [6, 6.07) is 6.77. The Morgan fingerprint density at radius 3 is 2.63 bits per heavy atom. The van der Waals surface area contributed by atoms with Gasteiger partial charge >= 0.3 is 0 Å². The summed E-state index contributed by atoms with van der Waals surface area (Å²) < 4.78 is 16.6. The van der Waals surface area contributed by atoms with Gasteiger partial charge in [-0.25, -0.2) is 0 Å². The molecular formula is C23H40N4O3. The van der Waals surface area contributed by atoms with Crippen LogP contribution in [0.1, 0.15) is 31.4 Å². The predicted octanol–water partition coefficient (Wildman–Crippen LogP) is 2.43. The minimum absolute atomic E-state index is 0.450. The van der Waals surface area contributed by atoms with Crippen LogP contribution in [-0.2, 0) is 16.0 Å². The molecular weight excluding hydrogens is 380 g/mol. The van der Waals surface area contributed by atoms with Gasteiger partial charge in [0.15, 0.2) is 5.96 Å². The second-order valence-electron chi connectivity index (χ2n) is 8.07. The quantitative estimate of drug-likeness (QED) is 0.326. The number of aryl methyl sites for hydroxylation is 1. The first kappa shape index (κ1) is 24.4. The molecule has 1 unspecified atom stereocenters. The van der Waals surface area contributed by atoms with Crippen molar-refractivity contribution in [1.82, 2.24) is 15.5 Å². The molecule has 1 fully saturated rings. The molecule has 1 aromatic rings. The van der Waals surface area contributed by atoms with Gasteiger partial charge in [-0.2, -0.15) is 0 Å². The zero-order valence-electron chi connectivity index (χ0n) is 19.4. The molecule has 0 amide bonds. The molecule has 2 N–H and O–H groups in total. The van der Waals surface area contributed by atoms with Crippen molar-refractivity contribution in [2.45, 2.75) is 39.8 Å². The number of nitrogens with one attached hydrogen (secondary N) is 2. The van der Waals surface area contributed by atoms with Crippen LogP contribution in [-0.4, -0.2) is 77.1 Å². The number of nitrogens with zero attached hydrogens (tertiary/aromatic N) is 2. The number of guanidine groups is 1. The van der Waals surface area contributed by atoms with Crippen molar-refractivity contribution in [2.24, 2.45) is 10.9 Å². The van der Waals surface area contributed by atoms with Gasteiger partial charge < -0.3 is 24.8 Å². The highest BCUT2D eigenvalue weighted by molar-refractivity contribution is 5.79. The molecule has 1 aromatic carbocycles. The van der Waals surface area contributed by atoms with Crippen molar-refractivity contribution in [3.63, 3.8) is 0 Å². The fraction of sp³-hybridized carbons (Fsp3) is 0.696. The molecule has 7 heteroatoms. The highest BCUT2D eigenvalue weighted by Gasteiger charge is 2.23. The zero-order valence-corrected chi connectivity index (χ0v) is 19.4. The maximum Gasteiger partial charge on any atom is 0.191 e. The second kappa shape index (κ2) is 13.5. The lowest BCUT2D eigenvalue weighted by Crippen LogP contribution is -2.52. The summed E-state index contributed by atoms with van der Waals surface area (Å²) in [7, 11) is 3.52. The van der Waals surface area contributed by atoms with Crippen molar-refractivity contribution in [3.05, 3.63) is 29.3 Å².